The maximum atomic E-state index is 13.6. The number of hydrogen-bond donors (Lipinski definition) is 2. The maximum absolute atomic E-state index is 13.6. The second kappa shape index (κ2) is 8.89. The number of amides is 2. The zero-order valence-corrected chi connectivity index (χ0v) is 14.1. The van der Waals surface area contributed by atoms with Crippen molar-refractivity contribution in [2.24, 2.45) is 0 Å². The number of carbonyl (C=O) groups is 2. The minimum absolute atomic E-state index is 0.160. The average Bonchev–Trinajstić information content (AvgIpc) is 2.62. The topological polar surface area (TPSA) is 80.3 Å². The first kappa shape index (κ1) is 18.5. The number of aromatic nitrogens is 1. The molecule has 0 spiro atoms. The summed E-state index contributed by atoms with van der Waals surface area (Å²) in [7, 11) is 0. The summed E-state index contributed by atoms with van der Waals surface area (Å²) in [4.78, 5) is 28.4. The molecular weight excluding hydrogens is 325 g/mol. The third kappa shape index (κ3) is 5.09. The number of halogens is 1. The molecule has 7 heteroatoms. The van der Waals surface area contributed by atoms with E-state index in [1.165, 1.54) is 18.3 Å². The van der Waals surface area contributed by atoms with Gasteiger partial charge < -0.3 is 15.4 Å². The minimum Gasteiger partial charge on any atom is -0.369 e. The van der Waals surface area contributed by atoms with Crippen molar-refractivity contribution in [3.8, 4) is 0 Å². The number of anilines is 2. The van der Waals surface area contributed by atoms with Gasteiger partial charge in [-0.25, -0.2) is 4.39 Å². The first-order valence-electron chi connectivity index (χ1n) is 7.99. The van der Waals surface area contributed by atoms with Crippen LogP contribution in [-0.2, 0) is 9.53 Å². The summed E-state index contributed by atoms with van der Waals surface area (Å²) in [6.07, 6.45) is 1.33. The molecule has 25 heavy (non-hydrogen) atoms. The third-order valence-electron chi connectivity index (χ3n) is 3.42. The quantitative estimate of drug-likeness (QED) is 0.807. The Morgan fingerprint density at radius 2 is 1.96 bits per heavy atom. The van der Waals surface area contributed by atoms with Gasteiger partial charge in [-0.05, 0) is 43.7 Å². The van der Waals surface area contributed by atoms with Crippen LogP contribution in [0.5, 0.6) is 0 Å². The second-order valence-electron chi connectivity index (χ2n) is 5.20. The van der Waals surface area contributed by atoms with Crippen LogP contribution in [0.3, 0.4) is 0 Å². The summed E-state index contributed by atoms with van der Waals surface area (Å²) in [5, 5.41) is 5.23. The van der Waals surface area contributed by atoms with Crippen LogP contribution in [0.2, 0.25) is 0 Å². The average molecular weight is 345 g/mol. The van der Waals surface area contributed by atoms with Gasteiger partial charge in [-0.2, -0.15) is 0 Å². The molecule has 2 aromatic rings. The Labute approximate surface area is 145 Å². The van der Waals surface area contributed by atoms with Gasteiger partial charge in [-0.3, -0.25) is 14.6 Å². The SMILES string of the molecule is CCO[C@@H](CC)C(=O)Nc1cc(F)ccc1NC(=O)c1ccccn1. The van der Waals surface area contributed by atoms with Gasteiger partial charge in [0.05, 0.1) is 11.4 Å². The molecule has 2 rings (SSSR count). The van der Waals surface area contributed by atoms with Crippen LogP contribution in [-0.4, -0.2) is 29.5 Å². The Balaban J connectivity index is 2.19. The molecule has 2 amide bonds. The number of nitrogens with one attached hydrogen (secondary N) is 2. The molecular formula is C18H20FN3O3. The Morgan fingerprint density at radius 1 is 1.16 bits per heavy atom. The van der Waals surface area contributed by atoms with E-state index in [0.717, 1.165) is 6.07 Å². The smallest absolute Gasteiger partial charge is 0.274 e. The van der Waals surface area contributed by atoms with Crippen molar-refractivity contribution in [2.45, 2.75) is 26.4 Å². The van der Waals surface area contributed by atoms with Crippen molar-refractivity contribution < 1.29 is 18.7 Å². The number of benzene rings is 1. The number of ether oxygens (including phenoxy) is 1. The largest absolute Gasteiger partial charge is 0.369 e. The molecule has 0 saturated carbocycles. The van der Waals surface area contributed by atoms with Crippen molar-refractivity contribution in [3.05, 3.63) is 54.1 Å². The van der Waals surface area contributed by atoms with E-state index in [4.69, 9.17) is 4.74 Å². The number of nitrogens with zero attached hydrogens (tertiary/aromatic N) is 1. The van der Waals surface area contributed by atoms with E-state index in [1.807, 2.05) is 6.92 Å². The molecule has 0 aliphatic rings. The van der Waals surface area contributed by atoms with Crippen LogP contribution in [0.4, 0.5) is 15.8 Å². The van der Waals surface area contributed by atoms with Crippen molar-refractivity contribution in [1.29, 1.82) is 0 Å². The van der Waals surface area contributed by atoms with Crippen molar-refractivity contribution in [1.82, 2.24) is 4.98 Å². The van der Waals surface area contributed by atoms with Crippen LogP contribution in [0, 0.1) is 5.82 Å². The zero-order valence-electron chi connectivity index (χ0n) is 14.1. The second-order valence-corrected chi connectivity index (χ2v) is 5.20. The molecule has 0 aliphatic carbocycles. The molecule has 1 aromatic heterocycles. The maximum Gasteiger partial charge on any atom is 0.274 e. The van der Waals surface area contributed by atoms with Gasteiger partial charge in [-0.1, -0.05) is 13.0 Å². The van der Waals surface area contributed by atoms with Crippen molar-refractivity contribution in [2.75, 3.05) is 17.2 Å². The molecule has 0 aliphatic heterocycles. The minimum atomic E-state index is -0.646. The molecule has 1 aromatic carbocycles. The predicted octanol–water partition coefficient (Wildman–Crippen LogP) is 3.23. The van der Waals surface area contributed by atoms with Gasteiger partial charge in [0.1, 0.15) is 17.6 Å². The summed E-state index contributed by atoms with van der Waals surface area (Å²) < 4.78 is 18.9. The van der Waals surface area contributed by atoms with Gasteiger partial charge in [0.15, 0.2) is 0 Å². The number of pyridine rings is 1. The normalized spacial score (nSPS) is 11.6. The summed E-state index contributed by atoms with van der Waals surface area (Å²) in [5.41, 5.74) is 0.647. The lowest BCUT2D eigenvalue weighted by Gasteiger charge is -2.17. The number of rotatable bonds is 7. The number of hydrogen-bond acceptors (Lipinski definition) is 4. The highest BCUT2D eigenvalue weighted by Gasteiger charge is 2.19. The molecule has 1 heterocycles. The predicted molar refractivity (Wildman–Crippen MR) is 92.9 cm³/mol. The van der Waals surface area contributed by atoms with E-state index in [2.05, 4.69) is 15.6 Å². The van der Waals surface area contributed by atoms with E-state index >= 15 is 0 Å². The highest BCUT2D eigenvalue weighted by molar-refractivity contribution is 6.06. The van der Waals surface area contributed by atoms with Crippen LogP contribution in [0.1, 0.15) is 30.8 Å². The fourth-order valence-electron chi connectivity index (χ4n) is 2.21. The summed E-state index contributed by atoms with van der Waals surface area (Å²) in [6.45, 7) is 3.99. The van der Waals surface area contributed by atoms with E-state index in [1.54, 1.807) is 25.1 Å². The van der Waals surface area contributed by atoms with E-state index < -0.39 is 23.7 Å². The van der Waals surface area contributed by atoms with Crippen LogP contribution in [0.25, 0.3) is 0 Å². The fourth-order valence-corrected chi connectivity index (χ4v) is 2.21. The van der Waals surface area contributed by atoms with Crippen LogP contribution >= 0.6 is 0 Å². The Hall–Kier alpha value is -2.80. The Kier molecular flexibility index (Phi) is 6.59. The molecule has 2 N–H and O–H groups in total. The fraction of sp³-hybridized carbons (Fsp3) is 0.278. The standard InChI is InChI=1S/C18H20FN3O3/c1-3-16(25-4-2)18(24)22-15-11-12(19)8-9-13(15)21-17(23)14-7-5-6-10-20-14/h5-11,16H,3-4H2,1-2H3,(H,21,23)(H,22,24)/t16-/m0/s1. The molecule has 0 unspecified atom stereocenters. The molecule has 0 saturated heterocycles. The first-order valence-corrected chi connectivity index (χ1v) is 7.99. The summed E-state index contributed by atoms with van der Waals surface area (Å²) in [6, 6.07) is 8.66. The van der Waals surface area contributed by atoms with E-state index in [-0.39, 0.29) is 17.1 Å². The molecule has 132 valence electrons. The van der Waals surface area contributed by atoms with E-state index in [0.29, 0.717) is 13.0 Å². The highest BCUT2D eigenvalue weighted by Crippen LogP contribution is 2.24. The lowest BCUT2D eigenvalue weighted by molar-refractivity contribution is -0.127. The summed E-state index contributed by atoms with van der Waals surface area (Å²) >= 11 is 0. The Bertz CT molecular complexity index is 738. The zero-order chi connectivity index (χ0) is 18.2. The van der Waals surface area contributed by atoms with Gasteiger partial charge in [0.25, 0.3) is 11.8 Å². The highest BCUT2D eigenvalue weighted by atomic mass is 19.1. The van der Waals surface area contributed by atoms with Crippen molar-refractivity contribution >= 4 is 23.2 Å². The van der Waals surface area contributed by atoms with Gasteiger partial charge in [0, 0.05) is 12.8 Å². The lowest BCUT2D eigenvalue weighted by atomic mass is 10.2. The van der Waals surface area contributed by atoms with Crippen LogP contribution < -0.4 is 10.6 Å². The van der Waals surface area contributed by atoms with Crippen molar-refractivity contribution in [3.63, 3.8) is 0 Å². The van der Waals surface area contributed by atoms with E-state index in [9.17, 15) is 14.0 Å². The Morgan fingerprint density at radius 3 is 2.60 bits per heavy atom. The molecule has 0 radical (unpaired) electrons. The first-order chi connectivity index (χ1) is 12.0. The molecule has 6 nitrogen and oxygen atoms in total. The van der Waals surface area contributed by atoms with Gasteiger partial charge in [0.2, 0.25) is 0 Å². The number of carbonyl (C=O) groups excluding carboxylic acids is 2. The monoisotopic (exact) mass is 345 g/mol. The van der Waals surface area contributed by atoms with Crippen LogP contribution in [0.15, 0.2) is 42.6 Å². The summed E-state index contributed by atoms with van der Waals surface area (Å²) in [5.74, 6) is -1.39. The lowest BCUT2D eigenvalue weighted by Crippen LogP contribution is -2.30. The molecule has 0 fully saturated rings. The van der Waals surface area contributed by atoms with Gasteiger partial charge in [-0.15, -0.1) is 0 Å². The van der Waals surface area contributed by atoms with Gasteiger partial charge >= 0.3 is 0 Å². The molecule has 0 bridgehead atoms. The third-order valence-corrected chi connectivity index (χ3v) is 3.42. The molecule has 1 atom stereocenters.